The van der Waals surface area contributed by atoms with Crippen LogP contribution in [0.2, 0.25) is 0 Å². The van der Waals surface area contributed by atoms with E-state index in [2.05, 4.69) is 44.1 Å². The zero-order valence-electron chi connectivity index (χ0n) is 14.4. The van der Waals surface area contributed by atoms with Gasteiger partial charge in [0.2, 0.25) is 5.88 Å². The lowest BCUT2D eigenvalue weighted by Crippen LogP contribution is -2.17. The molecular weight excluding hydrogens is 450 g/mol. The Hall–Kier alpha value is -1.51. The molecule has 7 nitrogen and oxygen atoms in total. The SMILES string of the molecule is C=Cc1nn(PI)c2c(C)nc(-c3cnn(C)c3OCCNC)cc12. The van der Waals surface area contributed by atoms with Gasteiger partial charge in [-0.3, -0.25) is 4.98 Å². The highest BCUT2D eigenvalue weighted by molar-refractivity contribution is 14.2. The highest BCUT2D eigenvalue weighted by Crippen LogP contribution is 2.36. The fraction of sp³-hybridized carbons (Fsp3) is 0.312. The molecule has 0 saturated heterocycles. The van der Waals surface area contributed by atoms with Crippen molar-refractivity contribution in [3.05, 3.63) is 30.2 Å². The van der Waals surface area contributed by atoms with Gasteiger partial charge in [0.1, 0.15) is 6.61 Å². The molecule has 0 saturated carbocycles. The standard InChI is InChI=1S/C16H20IN6OP/c1-5-13-11-8-14(20-10(2)15(11)23(21-13)25-17)12-9-19-22(4)16(12)24-7-6-18-3/h5,8-9,18,25H,1,6-7H2,2-4H3. The minimum atomic E-state index is 0.509. The van der Waals surface area contributed by atoms with E-state index in [4.69, 9.17) is 9.72 Å². The fourth-order valence-corrected chi connectivity index (χ4v) is 4.27. The number of nitrogens with zero attached hydrogens (tertiary/aromatic N) is 5. The molecule has 0 fully saturated rings. The zero-order valence-corrected chi connectivity index (χ0v) is 17.5. The van der Waals surface area contributed by atoms with E-state index < -0.39 is 0 Å². The van der Waals surface area contributed by atoms with Gasteiger partial charge in [0, 0.05) is 19.0 Å². The van der Waals surface area contributed by atoms with Crippen LogP contribution in [-0.2, 0) is 7.05 Å². The molecule has 3 aromatic heterocycles. The maximum atomic E-state index is 5.89. The summed E-state index contributed by atoms with van der Waals surface area (Å²) in [7, 11) is 3.77. The molecule has 0 bridgehead atoms. The molecule has 132 valence electrons. The summed E-state index contributed by atoms with van der Waals surface area (Å²) in [6.07, 6.45) is 4.08. The third-order valence-corrected chi connectivity index (χ3v) is 5.74. The van der Waals surface area contributed by atoms with E-state index in [9.17, 15) is 0 Å². The second kappa shape index (κ2) is 7.80. The Balaban J connectivity index is 2.12. The van der Waals surface area contributed by atoms with Gasteiger partial charge >= 0.3 is 0 Å². The Morgan fingerprint density at radius 3 is 2.96 bits per heavy atom. The number of hydrogen-bond acceptors (Lipinski definition) is 5. The third kappa shape index (κ3) is 3.43. The maximum Gasteiger partial charge on any atom is 0.221 e. The first-order chi connectivity index (χ1) is 12.1. The molecule has 9 heteroatoms. The van der Waals surface area contributed by atoms with E-state index in [0.717, 1.165) is 40.1 Å². The number of ether oxygens (including phenoxy) is 1. The van der Waals surface area contributed by atoms with E-state index in [1.807, 2.05) is 31.5 Å². The van der Waals surface area contributed by atoms with Crippen LogP contribution in [0, 0.1) is 6.92 Å². The molecule has 0 aliphatic rings. The summed E-state index contributed by atoms with van der Waals surface area (Å²) in [5.41, 5.74) is 4.56. The Labute approximate surface area is 161 Å². The molecule has 0 amide bonds. The Kier molecular flexibility index (Phi) is 5.71. The van der Waals surface area contributed by atoms with Gasteiger partial charge in [-0.15, -0.1) is 0 Å². The number of fused-ring (bicyclic) bond motifs is 1. The molecule has 3 heterocycles. The minimum Gasteiger partial charge on any atom is -0.476 e. The van der Waals surface area contributed by atoms with Crippen molar-refractivity contribution in [2.24, 2.45) is 7.05 Å². The van der Waals surface area contributed by atoms with Crippen molar-refractivity contribution in [1.29, 1.82) is 0 Å². The van der Waals surface area contributed by atoms with Gasteiger partial charge in [0.05, 0.1) is 40.7 Å². The van der Waals surface area contributed by atoms with Crippen molar-refractivity contribution in [2.45, 2.75) is 6.92 Å². The summed E-state index contributed by atoms with van der Waals surface area (Å²) < 4.78 is 9.61. The lowest BCUT2D eigenvalue weighted by Gasteiger charge is -2.09. The van der Waals surface area contributed by atoms with Crippen molar-refractivity contribution >= 4 is 45.4 Å². The molecule has 0 aliphatic heterocycles. The number of hydrogen-bond donors (Lipinski definition) is 1. The molecule has 0 radical (unpaired) electrons. The highest BCUT2D eigenvalue weighted by atomic mass is 127. The van der Waals surface area contributed by atoms with Crippen LogP contribution >= 0.6 is 28.4 Å². The van der Waals surface area contributed by atoms with E-state index in [1.165, 1.54) is 0 Å². The van der Waals surface area contributed by atoms with Crippen LogP contribution < -0.4 is 10.1 Å². The van der Waals surface area contributed by atoms with Crippen molar-refractivity contribution in [1.82, 2.24) is 29.6 Å². The number of nitrogens with one attached hydrogen (secondary N) is 1. The number of aromatic nitrogens is 5. The summed E-state index contributed by atoms with van der Waals surface area (Å²) in [4.78, 5) is 4.79. The monoisotopic (exact) mass is 470 g/mol. The lowest BCUT2D eigenvalue weighted by atomic mass is 10.1. The molecule has 0 spiro atoms. The summed E-state index contributed by atoms with van der Waals surface area (Å²) >= 11 is 2.32. The van der Waals surface area contributed by atoms with Crippen LogP contribution in [0.15, 0.2) is 18.8 Å². The van der Waals surface area contributed by atoms with E-state index in [-0.39, 0.29) is 0 Å². The number of halogens is 1. The quantitative estimate of drug-likeness (QED) is 0.327. The molecule has 1 N–H and O–H groups in total. The van der Waals surface area contributed by atoms with Gasteiger partial charge in [-0.2, -0.15) is 10.2 Å². The average molecular weight is 470 g/mol. The van der Waals surface area contributed by atoms with Crippen molar-refractivity contribution in [3.63, 3.8) is 0 Å². The molecule has 0 aromatic carbocycles. The summed E-state index contributed by atoms with van der Waals surface area (Å²) in [5, 5.41) is 13.1. The minimum absolute atomic E-state index is 0.509. The van der Waals surface area contributed by atoms with E-state index in [0.29, 0.717) is 18.9 Å². The van der Waals surface area contributed by atoms with Gasteiger partial charge < -0.3 is 10.1 Å². The van der Waals surface area contributed by atoms with Gasteiger partial charge in [-0.25, -0.2) is 9.13 Å². The van der Waals surface area contributed by atoms with Crippen molar-refractivity contribution in [2.75, 3.05) is 20.2 Å². The Morgan fingerprint density at radius 2 is 2.28 bits per heavy atom. The first-order valence-corrected chi connectivity index (χ1v) is 11.9. The Bertz CT molecular complexity index is 919. The molecule has 3 rings (SSSR count). The topological polar surface area (TPSA) is 69.8 Å². The first kappa shape index (κ1) is 18.3. The van der Waals surface area contributed by atoms with Crippen LogP contribution in [0.5, 0.6) is 5.88 Å². The maximum absolute atomic E-state index is 5.89. The molecule has 0 aliphatic carbocycles. The number of aryl methyl sites for hydroxylation is 2. The average Bonchev–Trinajstić information content (AvgIpc) is 3.16. The lowest BCUT2D eigenvalue weighted by molar-refractivity contribution is 0.292. The largest absolute Gasteiger partial charge is 0.476 e. The van der Waals surface area contributed by atoms with Crippen molar-refractivity contribution < 1.29 is 4.74 Å². The van der Waals surface area contributed by atoms with Gasteiger partial charge in [0.25, 0.3) is 0 Å². The van der Waals surface area contributed by atoms with Crippen LogP contribution in [0.4, 0.5) is 0 Å². The molecular formula is C16H20IN6OP. The van der Waals surface area contributed by atoms with E-state index in [1.54, 1.807) is 17.0 Å². The normalized spacial score (nSPS) is 11.7. The van der Waals surface area contributed by atoms with Crippen LogP contribution in [-0.4, -0.2) is 44.5 Å². The summed E-state index contributed by atoms with van der Waals surface area (Å²) in [6, 6.07) is 2.04. The smallest absolute Gasteiger partial charge is 0.221 e. The summed E-state index contributed by atoms with van der Waals surface area (Å²) in [5.74, 6) is 0.713. The van der Waals surface area contributed by atoms with Crippen LogP contribution in [0.1, 0.15) is 11.4 Å². The molecule has 1 atom stereocenters. The predicted molar refractivity (Wildman–Crippen MR) is 112 cm³/mol. The van der Waals surface area contributed by atoms with Gasteiger partial charge in [-0.1, -0.05) is 6.58 Å². The highest BCUT2D eigenvalue weighted by Gasteiger charge is 2.18. The number of pyridine rings is 1. The van der Waals surface area contributed by atoms with E-state index >= 15 is 0 Å². The molecule has 3 aromatic rings. The van der Waals surface area contributed by atoms with Crippen molar-refractivity contribution in [3.8, 4) is 17.1 Å². The number of likely N-dealkylation sites (N-methyl/N-ethyl adjacent to an activating group) is 1. The fourth-order valence-electron chi connectivity index (χ4n) is 2.71. The van der Waals surface area contributed by atoms with Crippen LogP contribution in [0.3, 0.4) is 0 Å². The zero-order chi connectivity index (χ0) is 18.0. The second-order valence-corrected chi connectivity index (χ2v) is 7.55. The summed E-state index contributed by atoms with van der Waals surface area (Å²) in [6.45, 7) is 7.22. The Morgan fingerprint density at radius 1 is 1.48 bits per heavy atom. The van der Waals surface area contributed by atoms with Gasteiger partial charge in [-0.05, 0) is 48.2 Å². The molecule has 25 heavy (non-hydrogen) atoms. The third-order valence-electron chi connectivity index (χ3n) is 3.89. The molecule has 1 unspecified atom stereocenters. The predicted octanol–water partition coefficient (Wildman–Crippen LogP) is 3.17. The second-order valence-electron chi connectivity index (χ2n) is 5.51. The van der Waals surface area contributed by atoms with Gasteiger partial charge in [0.15, 0.2) is 0 Å². The number of rotatable bonds is 7. The first-order valence-electron chi connectivity index (χ1n) is 7.80. The van der Waals surface area contributed by atoms with Crippen LogP contribution in [0.25, 0.3) is 28.2 Å².